The Balaban J connectivity index is 2.05. The highest BCUT2D eigenvalue weighted by molar-refractivity contribution is 7.92. The number of rotatable bonds is 6. The van der Waals surface area contributed by atoms with E-state index in [4.69, 9.17) is 0 Å². The van der Waals surface area contributed by atoms with Crippen LogP contribution in [0.15, 0.2) is 53.8 Å². The summed E-state index contributed by atoms with van der Waals surface area (Å²) in [6.07, 6.45) is 4.04. The van der Waals surface area contributed by atoms with Crippen LogP contribution in [0.3, 0.4) is 0 Å². The van der Waals surface area contributed by atoms with Gasteiger partial charge in [-0.15, -0.1) is 0 Å². The summed E-state index contributed by atoms with van der Waals surface area (Å²) >= 11 is 0. The third-order valence-corrected chi connectivity index (χ3v) is 4.22. The van der Waals surface area contributed by atoms with Gasteiger partial charge in [-0.2, -0.15) is 5.10 Å². The summed E-state index contributed by atoms with van der Waals surface area (Å²) < 4.78 is 24.9. The van der Waals surface area contributed by atoms with Crippen LogP contribution in [0, 0.1) is 6.92 Å². The van der Waals surface area contributed by atoms with Gasteiger partial charge in [0.2, 0.25) is 10.0 Å². The van der Waals surface area contributed by atoms with Crippen LogP contribution in [-0.4, -0.2) is 38.3 Å². The van der Waals surface area contributed by atoms with E-state index in [-0.39, 0.29) is 6.54 Å². The molecule has 0 unspecified atom stereocenters. The van der Waals surface area contributed by atoms with Crippen molar-refractivity contribution in [3.63, 3.8) is 0 Å². The Labute approximate surface area is 141 Å². The van der Waals surface area contributed by atoms with Gasteiger partial charge < -0.3 is 0 Å². The van der Waals surface area contributed by atoms with Crippen molar-refractivity contribution in [1.82, 2.24) is 10.4 Å². The van der Waals surface area contributed by atoms with Gasteiger partial charge in [0.25, 0.3) is 5.91 Å². The van der Waals surface area contributed by atoms with E-state index in [0.717, 1.165) is 16.1 Å². The number of nitrogens with zero attached hydrogens (tertiary/aromatic N) is 3. The molecule has 0 bridgehead atoms. The van der Waals surface area contributed by atoms with Crippen LogP contribution in [-0.2, 0) is 14.8 Å². The van der Waals surface area contributed by atoms with Crippen molar-refractivity contribution in [2.24, 2.45) is 5.10 Å². The Morgan fingerprint density at radius 3 is 2.54 bits per heavy atom. The maximum absolute atomic E-state index is 12.0. The number of pyridine rings is 1. The first-order valence-electron chi connectivity index (χ1n) is 7.13. The first-order chi connectivity index (χ1) is 11.4. The van der Waals surface area contributed by atoms with Crippen LogP contribution in [0.2, 0.25) is 0 Å². The lowest BCUT2D eigenvalue weighted by molar-refractivity contribution is -0.119. The molecule has 7 nitrogen and oxygen atoms in total. The lowest BCUT2D eigenvalue weighted by atomic mass is 10.2. The molecule has 0 aliphatic heterocycles. The number of benzene rings is 1. The number of amides is 1. The second kappa shape index (κ2) is 7.69. The molecule has 8 heteroatoms. The highest BCUT2D eigenvalue weighted by atomic mass is 32.2. The quantitative estimate of drug-likeness (QED) is 0.630. The van der Waals surface area contributed by atoms with Gasteiger partial charge in [-0.3, -0.25) is 14.1 Å². The zero-order valence-corrected chi connectivity index (χ0v) is 14.2. The molecule has 1 aromatic carbocycles. The lowest BCUT2D eigenvalue weighted by Crippen LogP contribution is -2.39. The third-order valence-electron chi connectivity index (χ3n) is 3.08. The fourth-order valence-electron chi connectivity index (χ4n) is 1.90. The van der Waals surface area contributed by atoms with E-state index in [1.807, 2.05) is 6.92 Å². The van der Waals surface area contributed by atoms with E-state index in [1.165, 1.54) is 6.21 Å². The first-order valence-corrected chi connectivity index (χ1v) is 8.98. The Bertz CT molecular complexity index is 818. The summed E-state index contributed by atoms with van der Waals surface area (Å²) in [5.41, 5.74) is 4.30. The number of hydrogen-bond acceptors (Lipinski definition) is 5. The Morgan fingerprint density at radius 1 is 1.25 bits per heavy atom. The van der Waals surface area contributed by atoms with E-state index < -0.39 is 15.9 Å². The first kappa shape index (κ1) is 17.6. The maximum Gasteiger partial charge on any atom is 0.260 e. The SMILES string of the molecule is Cc1ccc(N(CC(=O)N/N=C\c2ccccn2)S(C)(=O)=O)cc1. The van der Waals surface area contributed by atoms with Crippen LogP contribution in [0.25, 0.3) is 0 Å². The van der Waals surface area contributed by atoms with Gasteiger partial charge in [-0.25, -0.2) is 13.8 Å². The van der Waals surface area contributed by atoms with Gasteiger partial charge in [0, 0.05) is 6.20 Å². The van der Waals surface area contributed by atoms with E-state index in [2.05, 4.69) is 15.5 Å². The highest BCUT2D eigenvalue weighted by Crippen LogP contribution is 2.17. The fourth-order valence-corrected chi connectivity index (χ4v) is 2.76. The molecular formula is C16H18N4O3S. The molecule has 1 N–H and O–H groups in total. The normalized spacial score (nSPS) is 11.4. The zero-order chi connectivity index (χ0) is 17.6. The molecule has 0 saturated carbocycles. The van der Waals surface area contributed by atoms with Crippen LogP contribution < -0.4 is 9.73 Å². The molecule has 0 aliphatic carbocycles. The standard InChI is InChI=1S/C16H18N4O3S/c1-13-6-8-15(9-7-13)20(24(2,22)23)12-16(21)19-18-11-14-5-3-4-10-17-14/h3-11H,12H2,1-2H3,(H,19,21)/b18-11-. The molecule has 2 aromatic rings. The van der Waals surface area contributed by atoms with E-state index in [9.17, 15) is 13.2 Å². The maximum atomic E-state index is 12.0. The smallest absolute Gasteiger partial charge is 0.260 e. The number of hydrazone groups is 1. The molecule has 0 radical (unpaired) electrons. The van der Waals surface area contributed by atoms with Crippen LogP contribution >= 0.6 is 0 Å². The van der Waals surface area contributed by atoms with Crippen LogP contribution in [0.5, 0.6) is 0 Å². The molecule has 1 amide bonds. The molecule has 0 fully saturated rings. The second-order valence-electron chi connectivity index (χ2n) is 5.15. The Hall–Kier alpha value is -2.74. The van der Waals surface area contributed by atoms with Crippen molar-refractivity contribution in [2.45, 2.75) is 6.92 Å². The number of carbonyl (C=O) groups is 1. The highest BCUT2D eigenvalue weighted by Gasteiger charge is 2.20. The monoisotopic (exact) mass is 346 g/mol. The molecule has 0 spiro atoms. The lowest BCUT2D eigenvalue weighted by Gasteiger charge is -2.21. The van der Waals surface area contributed by atoms with Crippen molar-refractivity contribution in [2.75, 3.05) is 17.1 Å². The molecule has 0 atom stereocenters. The number of sulfonamides is 1. The minimum atomic E-state index is -3.59. The van der Waals surface area contributed by atoms with Crippen LogP contribution in [0.4, 0.5) is 5.69 Å². The van der Waals surface area contributed by atoms with Gasteiger partial charge in [0.15, 0.2) is 0 Å². The molecule has 126 valence electrons. The molecule has 1 heterocycles. The van der Waals surface area contributed by atoms with Gasteiger partial charge in [0.1, 0.15) is 6.54 Å². The summed E-state index contributed by atoms with van der Waals surface area (Å²) in [7, 11) is -3.59. The van der Waals surface area contributed by atoms with Gasteiger partial charge >= 0.3 is 0 Å². The summed E-state index contributed by atoms with van der Waals surface area (Å²) in [4.78, 5) is 16.0. The topological polar surface area (TPSA) is 91.7 Å². The van der Waals surface area contributed by atoms with E-state index in [0.29, 0.717) is 11.4 Å². The molecule has 0 aliphatic rings. The zero-order valence-electron chi connectivity index (χ0n) is 13.4. The minimum absolute atomic E-state index is 0.360. The molecular weight excluding hydrogens is 328 g/mol. The summed E-state index contributed by atoms with van der Waals surface area (Å²) in [6.45, 7) is 1.54. The van der Waals surface area contributed by atoms with Gasteiger partial charge in [-0.05, 0) is 31.2 Å². The number of aromatic nitrogens is 1. The summed E-state index contributed by atoms with van der Waals surface area (Å²) in [5.74, 6) is -0.548. The number of aryl methyl sites for hydroxylation is 1. The van der Waals surface area contributed by atoms with Crippen molar-refractivity contribution in [3.05, 3.63) is 59.9 Å². The number of anilines is 1. The second-order valence-corrected chi connectivity index (χ2v) is 7.06. The van der Waals surface area contributed by atoms with Gasteiger partial charge in [-0.1, -0.05) is 23.8 Å². The predicted molar refractivity (Wildman–Crippen MR) is 93.3 cm³/mol. The summed E-state index contributed by atoms with van der Waals surface area (Å²) in [5, 5.41) is 3.78. The van der Waals surface area contributed by atoms with E-state index in [1.54, 1.807) is 48.7 Å². The van der Waals surface area contributed by atoms with Crippen molar-refractivity contribution in [1.29, 1.82) is 0 Å². The Kier molecular flexibility index (Phi) is 5.64. The minimum Gasteiger partial charge on any atom is -0.271 e. The van der Waals surface area contributed by atoms with Crippen molar-refractivity contribution < 1.29 is 13.2 Å². The largest absolute Gasteiger partial charge is 0.271 e. The van der Waals surface area contributed by atoms with Gasteiger partial charge in [0.05, 0.1) is 23.9 Å². The molecule has 2 rings (SSSR count). The molecule has 1 aromatic heterocycles. The molecule has 0 saturated heterocycles. The third kappa shape index (κ3) is 5.17. The van der Waals surface area contributed by atoms with E-state index >= 15 is 0 Å². The Morgan fingerprint density at radius 2 is 1.96 bits per heavy atom. The predicted octanol–water partition coefficient (Wildman–Crippen LogP) is 1.31. The average molecular weight is 346 g/mol. The molecule has 24 heavy (non-hydrogen) atoms. The number of nitrogens with one attached hydrogen (secondary N) is 1. The van der Waals surface area contributed by atoms with Crippen molar-refractivity contribution >= 4 is 27.8 Å². The number of carbonyl (C=O) groups excluding carboxylic acids is 1. The van der Waals surface area contributed by atoms with Crippen LogP contribution in [0.1, 0.15) is 11.3 Å². The number of hydrogen-bond donors (Lipinski definition) is 1. The fraction of sp³-hybridized carbons (Fsp3) is 0.188. The van der Waals surface area contributed by atoms with Crippen molar-refractivity contribution in [3.8, 4) is 0 Å². The summed E-state index contributed by atoms with van der Waals surface area (Å²) in [6, 6.07) is 12.2. The average Bonchev–Trinajstić information content (AvgIpc) is 2.54.